The Kier molecular flexibility index (Phi) is 3.86. The Bertz CT molecular complexity index is 661. The Balaban J connectivity index is 2.33. The van der Waals surface area contributed by atoms with Crippen LogP contribution in [-0.4, -0.2) is 5.91 Å². The zero-order valence-corrected chi connectivity index (χ0v) is 12.0. The highest BCUT2D eigenvalue weighted by Crippen LogP contribution is 2.32. The number of aryl methyl sites for hydroxylation is 2. The lowest BCUT2D eigenvalue weighted by atomic mass is 10.1. The van der Waals surface area contributed by atoms with Crippen molar-refractivity contribution < 1.29 is 9.53 Å². The van der Waals surface area contributed by atoms with Crippen molar-refractivity contribution in [3.05, 3.63) is 52.0 Å². The van der Waals surface area contributed by atoms with Gasteiger partial charge in [-0.1, -0.05) is 11.6 Å². The molecule has 104 valence electrons. The molecule has 0 fully saturated rings. The SMILES string of the molecule is Cc1cc(Oc2ccc(C(N)=O)cc2N)cc(C)c1Cl. The van der Waals surface area contributed by atoms with Gasteiger partial charge in [0, 0.05) is 10.6 Å². The predicted octanol–water partition coefficient (Wildman–Crippen LogP) is 3.43. The van der Waals surface area contributed by atoms with E-state index in [0.717, 1.165) is 16.1 Å². The van der Waals surface area contributed by atoms with Crippen LogP contribution in [0.15, 0.2) is 30.3 Å². The highest BCUT2D eigenvalue weighted by Gasteiger charge is 2.09. The second-order valence-electron chi connectivity index (χ2n) is 4.59. The Morgan fingerprint density at radius 2 is 1.75 bits per heavy atom. The Hall–Kier alpha value is -2.20. The van der Waals surface area contributed by atoms with Gasteiger partial charge in [-0.25, -0.2) is 0 Å². The van der Waals surface area contributed by atoms with E-state index in [2.05, 4.69) is 0 Å². The molecule has 0 radical (unpaired) electrons. The summed E-state index contributed by atoms with van der Waals surface area (Å²) >= 11 is 6.11. The zero-order chi connectivity index (χ0) is 14.9. The van der Waals surface area contributed by atoms with Gasteiger partial charge in [0.2, 0.25) is 5.91 Å². The van der Waals surface area contributed by atoms with Crippen LogP contribution in [0.2, 0.25) is 5.02 Å². The average Bonchev–Trinajstić information content (AvgIpc) is 2.38. The predicted molar refractivity (Wildman–Crippen MR) is 80.4 cm³/mol. The van der Waals surface area contributed by atoms with Gasteiger partial charge >= 0.3 is 0 Å². The van der Waals surface area contributed by atoms with E-state index in [-0.39, 0.29) is 0 Å². The summed E-state index contributed by atoms with van der Waals surface area (Å²) in [7, 11) is 0. The third-order valence-corrected chi connectivity index (χ3v) is 3.53. The molecule has 5 heteroatoms. The summed E-state index contributed by atoms with van der Waals surface area (Å²) in [5.41, 5.74) is 13.6. The summed E-state index contributed by atoms with van der Waals surface area (Å²) in [5, 5.41) is 0.717. The van der Waals surface area contributed by atoms with Crippen LogP contribution in [0.5, 0.6) is 11.5 Å². The van der Waals surface area contributed by atoms with Gasteiger partial charge in [-0.15, -0.1) is 0 Å². The van der Waals surface area contributed by atoms with Crippen LogP contribution in [-0.2, 0) is 0 Å². The van der Waals surface area contributed by atoms with Gasteiger partial charge in [-0.3, -0.25) is 4.79 Å². The first-order valence-electron chi connectivity index (χ1n) is 6.02. The van der Waals surface area contributed by atoms with Crippen molar-refractivity contribution in [3.63, 3.8) is 0 Å². The Morgan fingerprint density at radius 1 is 1.15 bits per heavy atom. The second-order valence-corrected chi connectivity index (χ2v) is 4.97. The molecule has 2 aromatic rings. The second kappa shape index (κ2) is 5.43. The van der Waals surface area contributed by atoms with E-state index < -0.39 is 5.91 Å². The Labute approximate surface area is 122 Å². The molecular weight excluding hydrogens is 276 g/mol. The van der Waals surface area contributed by atoms with Crippen LogP contribution < -0.4 is 16.2 Å². The van der Waals surface area contributed by atoms with Gasteiger partial charge in [0.1, 0.15) is 11.5 Å². The molecule has 1 amide bonds. The van der Waals surface area contributed by atoms with Crippen molar-refractivity contribution in [2.75, 3.05) is 5.73 Å². The number of primary amides is 1. The summed E-state index contributed by atoms with van der Waals surface area (Å²) < 4.78 is 5.72. The molecule has 0 spiro atoms. The largest absolute Gasteiger partial charge is 0.455 e. The maximum Gasteiger partial charge on any atom is 0.248 e. The van der Waals surface area contributed by atoms with Gasteiger partial charge in [-0.2, -0.15) is 0 Å². The molecule has 2 aromatic carbocycles. The highest BCUT2D eigenvalue weighted by atomic mass is 35.5. The van der Waals surface area contributed by atoms with Crippen LogP contribution in [0.3, 0.4) is 0 Å². The molecule has 0 aliphatic carbocycles. The summed E-state index contributed by atoms with van der Waals surface area (Å²) in [4.78, 5) is 11.1. The number of rotatable bonds is 3. The quantitative estimate of drug-likeness (QED) is 0.850. The lowest BCUT2D eigenvalue weighted by Gasteiger charge is -2.12. The first kappa shape index (κ1) is 14.2. The van der Waals surface area contributed by atoms with Crippen LogP contribution in [0.1, 0.15) is 21.5 Å². The fourth-order valence-corrected chi connectivity index (χ4v) is 2.00. The maximum atomic E-state index is 11.1. The van der Waals surface area contributed by atoms with Gasteiger partial charge in [0.15, 0.2) is 0 Å². The number of halogens is 1. The van der Waals surface area contributed by atoms with Crippen molar-refractivity contribution in [2.24, 2.45) is 5.73 Å². The van der Waals surface area contributed by atoms with Crippen molar-refractivity contribution in [1.29, 1.82) is 0 Å². The number of anilines is 1. The topological polar surface area (TPSA) is 78.3 Å². The molecule has 0 aliphatic heterocycles. The van der Waals surface area contributed by atoms with Crippen molar-refractivity contribution >= 4 is 23.2 Å². The summed E-state index contributed by atoms with van der Waals surface area (Å²) in [6, 6.07) is 8.35. The molecule has 0 saturated carbocycles. The molecule has 20 heavy (non-hydrogen) atoms. The normalized spacial score (nSPS) is 10.3. The summed E-state index contributed by atoms with van der Waals surface area (Å²) in [6.45, 7) is 3.81. The molecule has 0 aromatic heterocycles. The molecular formula is C15H15ClN2O2. The maximum absolute atomic E-state index is 11.1. The van der Waals surface area contributed by atoms with E-state index >= 15 is 0 Å². The standard InChI is InChI=1S/C15H15ClN2O2/c1-8-5-11(6-9(2)14(8)16)20-13-4-3-10(15(18)19)7-12(13)17/h3-7H,17H2,1-2H3,(H2,18,19). The van der Waals surface area contributed by atoms with Gasteiger partial charge < -0.3 is 16.2 Å². The van der Waals surface area contributed by atoms with Crippen molar-refractivity contribution in [1.82, 2.24) is 0 Å². The molecule has 0 atom stereocenters. The van der Waals surface area contributed by atoms with Crippen LogP contribution in [0.25, 0.3) is 0 Å². The third kappa shape index (κ3) is 2.86. The minimum Gasteiger partial charge on any atom is -0.455 e. The van der Waals surface area contributed by atoms with E-state index in [4.69, 9.17) is 27.8 Å². The molecule has 0 saturated heterocycles. The lowest BCUT2D eigenvalue weighted by molar-refractivity contribution is 0.100. The van der Waals surface area contributed by atoms with Gasteiger partial charge in [-0.05, 0) is 55.3 Å². The minimum absolute atomic E-state index is 0.346. The molecule has 2 rings (SSSR count). The number of hydrogen-bond acceptors (Lipinski definition) is 3. The smallest absolute Gasteiger partial charge is 0.248 e. The number of ether oxygens (including phenoxy) is 1. The number of carbonyl (C=O) groups excluding carboxylic acids is 1. The number of amides is 1. The third-order valence-electron chi connectivity index (χ3n) is 2.93. The molecule has 0 aliphatic rings. The number of carbonyl (C=O) groups is 1. The zero-order valence-electron chi connectivity index (χ0n) is 11.2. The number of nitrogens with two attached hydrogens (primary N) is 2. The fraction of sp³-hybridized carbons (Fsp3) is 0.133. The molecule has 0 bridgehead atoms. The van der Waals surface area contributed by atoms with E-state index in [1.54, 1.807) is 12.1 Å². The van der Waals surface area contributed by atoms with Crippen molar-refractivity contribution in [3.8, 4) is 11.5 Å². The number of nitrogen functional groups attached to an aromatic ring is 1. The monoisotopic (exact) mass is 290 g/mol. The first-order valence-corrected chi connectivity index (χ1v) is 6.40. The molecule has 0 heterocycles. The highest BCUT2D eigenvalue weighted by molar-refractivity contribution is 6.32. The number of benzene rings is 2. The van der Waals surface area contributed by atoms with Crippen molar-refractivity contribution in [2.45, 2.75) is 13.8 Å². The van der Waals surface area contributed by atoms with Gasteiger partial charge in [0.05, 0.1) is 5.69 Å². The van der Waals surface area contributed by atoms with E-state index in [0.29, 0.717) is 22.7 Å². The minimum atomic E-state index is -0.526. The van der Waals surface area contributed by atoms with Crippen LogP contribution >= 0.6 is 11.6 Å². The lowest BCUT2D eigenvalue weighted by Crippen LogP contribution is -2.11. The van der Waals surface area contributed by atoms with E-state index in [1.165, 1.54) is 6.07 Å². The summed E-state index contributed by atoms with van der Waals surface area (Å²) in [5.74, 6) is 0.584. The van der Waals surface area contributed by atoms with Gasteiger partial charge in [0.25, 0.3) is 0 Å². The van der Waals surface area contributed by atoms with E-state index in [9.17, 15) is 4.79 Å². The first-order chi connectivity index (χ1) is 9.38. The van der Waals surface area contributed by atoms with E-state index in [1.807, 2.05) is 26.0 Å². The number of hydrogen-bond donors (Lipinski definition) is 2. The van der Waals surface area contributed by atoms with Crippen LogP contribution in [0, 0.1) is 13.8 Å². The average molecular weight is 291 g/mol. The van der Waals surface area contributed by atoms with Crippen LogP contribution in [0.4, 0.5) is 5.69 Å². The molecule has 0 unspecified atom stereocenters. The molecule has 4 nitrogen and oxygen atoms in total. The fourth-order valence-electron chi connectivity index (χ4n) is 1.89. The summed E-state index contributed by atoms with van der Waals surface area (Å²) in [6.07, 6.45) is 0. The Morgan fingerprint density at radius 3 is 2.25 bits per heavy atom. The molecule has 4 N–H and O–H groups in total.